The molecule has 0 atom stereocenters. The third-order valence-corrected chi connectivity index (χ3v) is 5.58. The molecule has 0 saturated carbocycles. The van der Waals surface area contributed by atoms with E-state index in [0.29, 0.717) is 23.3 Å². The molecule has 24 heavy (non-hydrogen) atoms. The number of aromatic nitrogens is 3. The van der Waals surface area contributed by atoms with Crippen LogP contribution in [0.5, 0.6) is 0 Å². The Morgan fingerprint density at radius 3 is 3.04 bits per heavy atom. The molecule has 3 heterocycles. The van der Waals surface area contributed by atoms with Crippen molar-refractivity contribution in [2.24, 2.45) is 0 Å². The maximum absolute atomic E-state index is 12.2. The van der Waals surface area contributed by atoms with E-state index in [9.17, 15) is 4.79 Å². The van der Waals surface area contributed by atoms with Gasteiger partial charge in [-0.1, -0.05) is 17.8 Å². The molecule has 0 aromatic carbocycles. The summed E-state index contributed by atoms with van der Waals surface area (Å²) in [5.41, 5.74) is 1.15. The lowest BCUT2D eigenvalue weighted by molar-refractivity contribution is -0.127. The van der Waals surface area contributed by atoms with Crippen LogP contribution in [-0.4, -0.2) is 38.8 Å². The Bertz CT molecular complexity index is 793. The average Bonchev–Trinajstić information content (AvgIpc) is 3.32. The molecule has 0 bridgehead atoms. The van der Waals surface area contributed by atoms with Gasteiger partial charge in [0.2, 0.25) is 11.1 Å². The Balaban J connectivity index is 1.48. The number of carbonyl (C=O) groups is 1. The molecule has 0 unspecified atom stereocenters. The van der Waals surface area contributed by atoms with Crippen molar-refractivity contribution in [2.75, 3.05) is 12.8 Å². The van der Waals surface area contributed by atoms with Crippen molar-refractivity contribution in [3.63, 3.8) is 0 Å². The van der Waals surface area contributed by atoms with Crippen LogP contribution >= 0.6 is 34.4 Å². The van der Waals surface area contributed by atoms with Crippen LogP contribution in [0.2, 0.25) is 0 Å². The summed E-state index contributed by atoms with van der Waals surface area (Å²) in [5.74, 6) is 1.07. The van der Waals surface area contributed by atoms with Crippen LogP contribution in [0, 0.1) is 0 Å². The average molecular weight is 377 g/mol. The first kappa shape index (κ1) is 16.9. The third-order valence-electron chi connectivity index (χ3n) is 3.18. The maximum Gasteiger partial charge on any atom is 0.233 e. The molecule has 3 aromatic heterocycles. The zero-order valence-electron chi connectivity index (χ0n) is 13.0. The molecule has 124 valence electrons. The number of hydrogen-bond acceptors (Lipinski definition) is 6. The molecule has 1 N–H and O–H groups in total. The second-order valence-corrected chi connectivity index (χ2v) is 7.72. The number of amides is 1. The normalized spacial score (nSPS) is 11.2. The number of aromatic amines is 1. The first-order valence-electron chi connectivity index (χ1n) is 7.22. The number of hydrogen-bond donors (Lipinski definition) is 1. The van der Waals surface area contributed by atoms with Crippen LogP contribution in [0.4, 0.5) is 0 Å². The molecular weight excluding hydrogens is 360 g/mol. The van der Waals surface area contributed by atoms with Crippen molar-refractivity contribution in [2.45, 2.75) is 11.7 Å². The molecule has 3 rings (SSSR count). The summed E-state index contributed by atoms with van der Waals surface area (Å²) in [6.07, 6.45) is 3.87. The van der Waals surface area contributed by atoms with E-state index in [4.69, 9.17) is 0 Å². The SMILES string of the molecule is CN(Cc1ccsc1)C(=O)CSc1n[nH]c(/C=C/c2cccs2)n1. The van der Waals surface area contributed by atoms with Crippen molar-refractivity contribution in [3.05, 3.63) is 50.6 Å². The summed E-state index contributed by atoms with van der Waals surface area (Å²) < 4.78 is 0. The molecule has 0 aliphatic carbocycles. The van der Waals surface area contributed by atoms with Gasteiger partial charge in [0.25, 0.3) is 0 Å². The molecule has 0 aliphatic heterocycles. The Labute approximate surface area is 152 Å². The van der Waals surface area contributed by atoms with E-state index in [1.54, 1.807) is 27.6 Å². The van der Waals surface area contributed by atoms with Gasteiger partial charge < -0.3 is 4.90 Å². The summed E-state index contributed by atoms with van der Waals surface area (Å²) >= 11 is 4.64. The highest BCUT2D eigenvalue weighted by atomic mass is 32.2. The second-order valence-electron chi connectivity index (χ2n) is 5.02. The topological polar surface area (TPSA) is 61.9 Å². The minimum atomic E-state index is 0.0617. The van der Waals surface area contributed by atoms with Crippen LogP contribution in [0.15, 0.2) is 39.5 Å². The van der Waals surface area contributed by atoms with Gasteiger partial charge in [-0.2, -0.15) is 11.3 Å². The smallest absolute Gasteiger partial charge is 0.233 e. The van der Waals surface area contributed by atoms with Crippen molar-refractivity contribution in [1.82, 2.24) is 20.1 Å². The fourth-order valence-electron chi connectivity index (χ4n) is 1.93. The molecular formula is C16H16N4OS3. The number of H-pyrrole nitrogens is 1. The van der Waals surface area contributed by atoms with Crippen molar-refractivity contribution < 1.29 is 4.79 Å². The van der Waals surface area contributed by atoms with E-state index in [1.165, 1.54) is 11.8 Å². The van der Waals surface area contributed by atoms with Gasteiger partial charge in [0.15, 0.2) is 0 Å². The minimum Gasteiger partial charge on any atom is -0.341 e. The van der Waals surface area contributed by atoms with E-state index in [2.05, 4.69) is 20.6 Å². The van der Waals surface area contributed by atoms with Gasteiger partial charge in [0.05, 0.1) is 5.75 Å². The Morgan fingerprint density at radius 1 is 1.38 bits per heavy atom. The van der Waals surface area contributed by atoms with Crippen molar-refractivity contribution in [3.8, 4) is 0 Å². The lowest BCUT2D eigenvalue weighted by atomic mass is 10.3. The number of rotatable bonds is 7. The molecule has 0 spiro atoms. The Morgan fingerprint density at radius 2 is 2.29 bits per heavy atom. The molecule has 8 heteroatoms. The summed E-state index contributed by atoms with van der Waals surface area (Å²) in [5, 5.41) is 13.7. The summed E-state index contributed by atoms with van der Waals surface area (Å²) in [4.78, 5) is 19.4. The summed E-state index contributed by atoms with van der Waals surface area (Å²) in [6, 6.07) is 6.07. The van der Waals surface area contributed by atoms with Crippen LogP contribution < -0.4 is 0 Å². The number of carbonyl (C=O) groups excluding carboxylic acids is 1. The fraction of sp³-hybridized carbons (Fsp3) is 0.188. The molecule has 0 aliphatic rings. The van der Waals surface area contributed by atoms with Gasteiger partial charge in [-0.15, -0.1) is 16.4 Å². The number of nitrogens with one attached hydrogen (secondary N) is 1. The highest BCUT2D eigenvalue weighted by Crippen LogP contribution is 2.16. The van der Waals surface area contributed by atoms with E-state index in [-0.39, 0.29) is 5.91 Å². The molecule has 1 amide bonds. The van der Waals surface area contributed by atoms with E-state index >= 15 is 0 Å². The highest BCUT2D eigenvalue weighted by molar-refractivity contribution is 7.99. The van der Waals surface area contributed by atoms with Crippen LogP contribution in [0.25, 0.3) is 12.2 Å². The van der Waals surface area contributed by atoms with Crippen LogP contribution in [0.3, 0.4) is 0 Å². The van der Waals surface area contributed by atoms with Gasteiger partial charge in [0, 0.05) is 18.5 Å². The Kier molecular flexibility index (Phi) is 5.84. The molecule has 3 aromatic rings. The van der Waals surface area contributed by atoms with E-state index < -0.39 is 0 Å². The van der Waals surface area contributed by atoms with E-state index in [0.717, 1.165) is 10.4 Å². The van der Waals surface area contributed by atoms with Crippen molar-refractivity contribution in [1.29, 1.82) is 0 Å². The van der Waals surface area contributed by atoms with Gasteiger partial charge in [-0.25, -0.2) is 4.98 Å². The van der Waals surface area contributed by atoms with Gasteiger partial charge in [-0.05, 0) is 46.0 Å². The lowest BCUT2D eigenvalue weighted by Crippen LogP contribution is -2.27. The van der Waals surface area contributed by atoms with Gasteiger partial charge in [-0.3, -0.25) is 9.89 Å². The zero-order valence-corrected chi connectivity index (χ0v) is 15.5. The number of thioether (sulfide) groups is 1. The molecule has 0 radical (unpaired) electrons. The quantitative estimate of drug-likeness (QED) is 0.636. The van der Waals surface area contributed by atoms with Gasteiger partial charge >= 0.3 is 0 Å². The molecule has 0 fully saturated rings. The standard InChI is InChI=1S/C16H16N4OS3/c1-20(9-12-6-8-22-10-12)15(21)11-24-16-17-14(18-19-16)5-4-13-3-2-7-23-13/h2-8,10H,9,11H2,1H3,(H,17,18,19)/b5-4+. The second kappa shape index (κ2) is 8.27. The van der Waals surface area contributed by atoms with Crippen LogP contribution in [0.1, 0.15) is 16.3 Å². The summed E-state index contributed by atoms with van der Waals surface area (Å²) in [7, 11) is 1.81. The lowest BCUT2D eigenvalue weighted by Gasteiger charge is -2.15. The van der Waals surface area contributed by atoms with E-state index in [1.807, 2.05) is 48.2 Å². The third kappa shape index (κ3) is 4.80. The summed E-state index contributed by atoms with van der Waals surface area (Å²) in [6.45, 7) is 0.631. The van der Waals surface area contributed by atoms with Crippen molar-refractivity contribution >= 4 is 52.5 Å². The largest absolute Gasteiger partial charge is 0.341 e. The predicted octanol–water partition coefficient (Wildman–Crippen LogP) is 3.85. The maximum atomic E-state index is 12.2. The predicted molar refractivity (Wildman–Crippen MR) is 101 cm³/mol. The van der Waals surface area contributed by atoms with Crippen LogP contribution in [-0.2, 0) is 11.3 Å². The van der Waals surface area contributed by atoms with Gasteiger partial charge in [0.1, 0.15) is 5.82 Å². The fourth-order valence-corrected chi connectivity index (χ4v) is 3.95. The highest BCUT2D eigenvalue weighted by Gasteiger charge is 2.12. The number of thiophene rings is 2. The zero-order chi connectivity index (χ0) is 16.8. The first-order valence-corrected chi connectivity index (χ1v) is 10.0. The molecule has 0 saturated heterocycles. The number of nitrogens with zero attached hydrogens (tertiary/aromatic N) is 3. The Hall–Kier alpha value is -1.90. The monoisotopic (exact) mass is 376 g/mol. The minimum absolute atomic E-state index is 0.0617. The molecule has 5 nitrogen and oxygen atoms in total. The first-order chi connectivity index (χ1) is 11.7.